The fraction of sp³-hybridized carbons (Fsp3) is 0.286. The molecule has 29 heavy (non-hydrogen) atoms. The highest BCUT2D eigenvalue weighted by molar-refractivity contribution is 5.94. The lowest BCUT2D eigenvalue weighted by atomic mass is 10.0. The third-order valence-corrected chi connectivity index (χ3v) is 5.05. The number of nitrogens with zero attached hydrogens (tertiary/aromatic N) is 3. The van der Waals surface area contributed by atoms with Gasteiger partial charge in [-0.1, -0.05) is 23.4 Å². The Morgan fingerprint density at radius 1 is 1.17 bits per heavy atom. The van der Waals surface area contributed by atoms with Gasteiger partial charge in [0.2, 0.25) is 12.2 Å². The van der Waals surface area contributed by atoms with E-state index in [0.29, 0.717) is 17.9 Å². The van der Waals surface area contributed by atoms with E-state index in [-0.39, 0.29) is 24.1 Å². The van der Waals surface area contributed by atoms with Crippen LogP contribution in [0.25, 0.3) is 11.4 Å². The van der Waals surface area contributed by atoms with E-state index in [1.807, 2.05) is 4.90 Å². The lowest BCUT2D eigenvalue weighted by Crippen LogP contribution is -2.47. The number of amides is 1. The molecule has 1 aliphatic rings. The summed E-state index contributed by atoms with van der Waals surface area (Å²) in [5.74, 6) is -0.815. The Balaban J connectivity index is 1.37. The zero-order valence-corrected chi connectivity index (χ0v) is 15.6. The monoisotopic (exact) mass is 398 g/mol. The molecular formula is C21H20F2N4O2. The Hall–Kier alpha value is -3.13. The molecule has 1 unspecified atom stereocenters. The van der Waals surface area contributed by atoms with Gasteiger partial charge in [0.15, 0.2) is 0 Å². The van der Waals surface area contributed by atoms with Gasteiger partial charge in [0.25, 0.3) is 5.91 Å². The predicted octanol–water partition coefficient (Wildman–Crippen LogP) is 3.41. The Kier molecular flexibility index (Phi) is 5.62. The number of likely N-dealkylation sites (tertiary alicyclic amines) is 1. The number of halogens is 2. The minimum Gasteiger partial charge on any atom is -0.348 e. The Morgan fingerprint density at radius 3 is 2.62 bits per heavy atom. The van der Waals surface area contributed by atoms with Gasteiger partial charge in [0.1, 0.15) is 11.6 Å². The van der Waals surface area contributed by atoms with Crippen molar-refractivity contribution in [3.63, 3.8) is 0 Å². The first-order chi connectivity index (χ1) is 14.1. The fourth-order valence-corrected chi connectivity index (χ4v) is 3.56. The first-order valence-electron chi connectivity index (χ1n) is 9.43. The summed E-state index contributed by atoms with van der Waals surface area (Å²) in [6, 6.07) is 10.7. The van der Waals surface area contributed by atoms with Crippen LogP contribution in [0.4, 0.5) is 8.78 Å². The van der Waals surface area contributed by atoms with Gasteiger partial charge in [0.05, 0.1) is 0 Å². The fourth-order valence-electron chi connectivity index (χ4n) is 3.56. The lowest BCUT2D eigenvalue weighted by Gasteiger charge is -2.33. The van der Waals surface area contributed by atoms with E-state index in [0.717, 1.165) is 24.9 Å². The quantitative estimate of drug-likeness (QED) is 0.713. The second-order valence-electron chi connectivity index (χ2n) is 7.08. The Bertz CT molecular complexity index is 957. The molecule has 8 heteroatoms. The first-order valence-corrected chi connectivity index (χ1v) is 9.43. The average molecular weight is 398 g/mol. The average Bonchev–Trinajstić information content (AvgIpc) is 3.26. The van der Waals surface area contributed by atoms with Crippen molar-refractivity contribution >= 4 is 5.91 Å². The molecule has 4 rings (SSSR count). The zero-order chi connectivity index (χ0) is 20.2. The van der Waals surface area contributed by atoms with E-state index in [1.165, 1.54) is 24.6 Å². The van der Waals surface area contributed by atoms with Crippen LogP contribution in [0, 0.1) is 11.6 Å². The van der Waals surface area contributed by atoms with Gasteiger partial charge < -0.3 is 9.84 Å². The summed E-state index contributed by atoms with van der Waals surface area (Å²) < 4.78 is 32.6. The molecule has 0 radical (unpaired) electrons. The van der Waals surface area contributed by atoms with Crippen LogP contribution in [0.1, 0.15) is 28.8 Å². The van der Waals surface area contributed by atoms with Gasteiger partial charge in [-0.15, -0.1) is 0 Å². The number of aromatic nitrogens is 2. The van der Waals surface area contributed by atoms with Gasteiger partial charge in [0, 0.05) is 35.8 Å². The minimum atomic E-state index is -0.544. The summed E-state index contributed by atoms with van der Waals surface area (Å²) in [5.41, 5.74) is 1.34. The molecular weight excluding hydrogens is 378 g/mol. The minimum absolute atomic E-state index is 0.0662. The van der Waals surface area contributed by atoms with E-state index in [1.54, 1.807) is 24.3 Å². The molecule has 2 heterocycles. The molecule has 0 spiro atoms. The van der Waals surface area contributed by atoms with Gasteiger partial charge in [-0.2, -0.15) is 4.98 Å². The van der Waals surface area contributed by atoms with Crippen molar-refractivity contribution in [3.05, 3.63) is 71.6 Å². The van der Waals surface area contributed by atoms with E-state index in [4.69, 9.17) is 4.52 Å². The second kappa shape index (κ2) is 8.48. The number of carbonyl (C=O) groups excluding carboxylic acids is 1. The summed E-state index contributed by atoms with van der Waals surface area (Å²) in [5, 5.41) is 6.78. The molecule has 1 aromatic heterocycles. The van der Waals surface area contributed by atoms with Crippen LogP contribution >= 0.6 is 0 Å². The van der Waals surface area contributed by atoms with Crippen molar-refractivity contribution in [1.29, 1.82) is 0 Å². The molecule has 1 saturated heterocycles. The van der Waals surface area contributed by atoms with Gasteiger partial charge in [-0.05, 0) is 43.7 Å². The van der Waals surface area contributed by atoms with Crippen LogP contribution in [0.2, 0.25) is 0 Å². The molecule has 150 valence electrons. The van der Waals surface area contributed by atoms with E-state index in [2.05, 4.69) is 15.5 Å². The number of hydrogen-bond donors (Lipinski definition) is 1. The lowest BCUT2D eigenvalue weighted by molar-refractivity contribution is 0.0899. The number of nitrogens with one attached hydrogen (secondary N) is 1. The van der Waals surface area contributed by atoms with Crippen molar-refractivity contribution < 1.29 is 18.1 Å². The topological polar surface area (TPSA) is 71.3 Å². The normalized spacial score (nSPS) is 17.2. The molecule has 0 bridgehead atoms. The summed E-state index contributed by atoms with van der Waals surface area (Å²) in [6.07, 6.45) is 2.92. The van der Waals surface area contributed by atoms with Crippen LogP contribution in [0.5, 0.6) is 0 Å². The van der Waals surface area contributed by atoms with E-state index in [9.17, 15) is 13.6 Å². The second-order valence-corrected chi connectivity index (χ2v) is 7.08. The molecule has 0 saturated carbocycles. The smallest absolute Gasteiger partial charge is 0.251 e. The highest BCUT2D eigenvalue weighted by Gasteiger charge is 2.23. The number of piperidine rings is 1. The predicted molar refractivity (Wildman–Crippen MR) is 102 cm³/mol. The van der Waals surface area contributed by atoms with Crippen molar-refractivity contribution in [1.82, 2.24) is 20.4 Å². The summed E-state index contributed by atoms with van der Waals surface area (Å²) in [4.78, 5) is 18.5. The number of benzene rings is 2. The maximum Gasteiger partial charge on any atom is 0.251 e. The molecule has 3 aromatic rings. The summed E-state index contributed by atoms with van der Waals surface area (Å²) in [7, 11) is 0. The third kappa shape index (κ3) is 4.48. The standard InChI is InChI=1S/C21H20F2N4O2/c22-18-4-1-5-19(23)17(18)12-27-10-2-3-16(11-27)25-21(28)15-8-6-14(7-9-15)20-24-13-29-26-20/h1,4-9,13,16H,2-3,10-12H2,(H,25,28). The maximum absolute atomic E-state index is 13.9. The SMILES string of the molecule is O=C(NC1CCCN(Cc2c(F)cccc2F)C1)c1ccc(-c2ncon2)cc1. The van der Waals surface area contributed by atoms with E-state index >= 15 is 0 Å². The van der Waals surface area contributed by atoms with Gasteiger partial charge in [-0.3, -0.25) is 9.69 Å². The zero-order valence-electron chi connectivity index (χ0n) is 15.6. The number of carbonyl (C=O) groups is 1. The number of rotatable bonds is 5. The molecule has 1 aliphatic heterocycles. The van der Waals surface area contributed by atoms with Crippen molar-refractivity contribution in [2.75, 3.05) is 13.1 Å². The molecule has 1 atom stereocenters. The Labute approximate surface area is 166 Å². The number of hydrogen-bond acceptors (Lipinski definition) is 5. The molecule has 2 aromatic carbocycles. The van der Waals surface area contributed by atoms with Crippen LogP contribution < -0.4 is 5.32 Å². The molecule has 1 amide bonds. The van der Waals surface area contributed by atoms with Crippen molar-refractivity contribution in [2.24, 2.45) is 0 Å². The van der Waals surface area contributed by atoms with Crippen molar-refractivity contribution in [3.8, 4) is 11.4 Å². The largest absolute Gasteiger partial charge is 0.348 e. The maximum atomic E-state index is 13.9. The summed E-state index contributed by atoms with van der Waals surface area (Å²) >= 11 is 0. The van der Waals surface area contributed by atoms with E-state index < -0.39 is 11.6 Å². The van der Waals surface area contributed by atoms with Crippen LogP contribution in [-0.4, -0.2) is 40.1 Å². The van der Waals surface area contributed by atoms with Gasteiger partial charge >= 0.3 is 0 Å². The summed E-state index contributed by atoms with van der Waals surface area (Å²) in [6.45, 7) is 1.46. The first kappa shape index (κ1) is 19.2. The van der Waals surface area contributed by atoms with Gasteiger partial charge in [-0.25, -0.2) is 8.78 Å². The third-order valence-electron chi connectivity index (χ3n) is 5.05. The Morgan fingerprint density at radius 2 is 1.93 bits per heavy atom. The molecule has 1 N–H and O–H groups in total. The van der Waals surface area contributed by atoms with Crippen LogP contribution in [0.15, 0.2) is 53.4 Å². The highest BCUT2D eigenvalue weighted by Crippen LogP contribution is 2.19. The molecule has 6 nitrogen and oxygen atoms in total. The highest BCUT2D eigenvalue weighted by atomic mass is 19.1. The van der Waals surface area contributed by atoms with Crippen LogP contribution in [0.3, 0.4) is 0 Å². The molecule has 1 fully saturated rings. The van der Waals surface area contributed by atoms with Crippen molar-refractivity contribution in [2.45, 2.75) is 25.4 Å². The molecule has 0 aliphatic carbocycles. The van der Waals surface area contributed by atoms with Crippen LogP contribution in [-0.2, 0) is 6.54 Å².